The summed E-state index contributed by atoms with van der Waals surface area (Å²) in [6, 6.07) is 14.5. The summed E-state index contributed by atoms with van der Waals surface area (Å²) in [5.41, 5.74) is 5.31. The van der Waals surface area contributed by atoms with Gasteiger partial charge in [0.2, 0.25) is 0 Å². The number of aromatic nitrogens is 1. The van der Waals surface area contributed by atoms with Gasteiger partial charge in [-0.25, -0.2) is 0 Å². The molecule has 0 radical (unpaired) electrons. The van der Waals surface area contributed by atoms with Crippen LogP contribution < -0.4 is 0 Å². The van der Waals surface area contributed by atoms with Crippen molar-refractivity contribution in [2.75, 3.05) is 26.2 Å². The zero-order valence-corrected chi connectivity index (χ0v) is 18.1. The first-order valence-electron chi connectivity index (χ1n) is 10.8. The smallest absolute Gasteiger partial charge is 0.264 e. The van der Waals surface area contributed by atoms with Crippen LogP contribution >= 0.6 is 0 Å². The van der Waals surface area contributed by atoms with Crippen molar-refractivity contribution < 1.29 is 4.79 Å². The van der Waals surface area contributed by atoms with Crippen molar-refractivity contribution in [2.45, 2.75) is 39.3 Å². The van der Waals surface area contributed by atoms with E-state index in [1.165, 1.54) is 18.5 Å². The third-order valence-corrected chi connectivity index (χ3v) is 6.23. The third-order valence-electron chi connectivity index (χ3n) is 6.23. The Bertz CT molecular complexity index is 1080. The summed E-state index contributed by atoms with van der Waals surface area (Å²) in [5, 5.41) is 18.6. The molecule has 2 heterocycles. The van der Waals surface area contributed by atoms with Gasteiger partial charge < -0.3 is 9.47 Å². The minimum absolute atomic E-state index is 0.184. The molecule has 1 aromatic heterocycles. The second-order valence-electron chi connectivity index (χ2n) is 8.47. The second-order valence-corrected chi connectivity index (χ2v) is 8.47. The summed E-state index contributed by atoms with van der Waals surface area (Å²) in [6.45, 7) is 7.69. The average molecular weight is 414 g/mol. The number of carbonyl (C=O) groups excluding carboxylic acids is 1. The van der Waals surface area contributed by atoms with Crippen LogP contribution in [-0.4, -0.2) is 46.5 Å². The molecule has 2 aliphatic rings. The lowest BCUT2D eigenvalue weighted by molar-refractivity contribution is -0.128. The molecule has 6 nitrogen and oxygen atoms in total. The summed E-state index contributed by atoms with van der Waals surface area (Å²) in [6.07, 6.45) is 4.17. The van der Waals surface area contributed by atoms with Gasteiger partial charge in [0.05, 0.1) is 11.6 Å². The van der Waals surface area contributed by atoms with Gasteiger partial charge in [-0.05, 0) is 62.1 Å². The lowest BCUT2D eigenvalue weighted by Crippen LogP contribution is -2.48. The molecule has 2 fully saturated rings. The van der Waals surface area contributed by atoms with Crippen LogP contribution in [0.1, 0.15) is 47.0 Å². The van der Waals surface area contributed by atoms with Gasteiger partial charge in [0.15, 0.2) is 0 Å². The van der Waals surface area contributed by atoms with Gasteiger partial charge in [-0.15, -0.1) is 0 Å². The maximum Gasteiger partial charge on any atom is 0.264 e. The van der Waals surface area contributed by atoms with E-state index in [1.54, 1.807) is 11.0 Å². The lowest BCUT2D eigenvalue weighted by atomic mass is 10.1. The minimum atomic E-state index is -0.184. The Labute approximate surface area is 183 Å². The fraction of sp³-hybridized carbons (Fsp3) is 0.400. The fourth-order valence-corrected chi connectivity index (χ4v) is 4.36. The zero-order valence-electron chi connectivity index (χ0n) is 18.1. The van der Waals surface area contributed by atoms with Gasteiger partial charge >= 0.3 is 0 Å². The number of rotatable bonds is 5. The number of carbonyl (C=O) groups is 1. The normalized spacial score (nSPS) is 17.3. The van der Waals surface area contributed by atoms with E-state index in [9.17, 15) is 10.1 Å². The number of nitrogens with zero attached hydrogens (tertiary/aromatic N) is 5. The summed E-state index contributed by atoms with van der Waals surface area (Å²) in [5.74, 6) is -0.184. The van der Waals surface area contributed by atoms with Crippen molar-refractivity contribution in [3.8, 4) is 12.1 Å². The summed E-state index contributed by atoms with van der Waals surface area (Å²) in [4.78, 5) is 17.1. The highest BCUT2D eigenvalue weighted by molar-refractivity contribution is 6.01. The summed E-state index contributed by atoms with van der Waals surface area (Å²) in [7, 11) is 0. The SMILES string of the molecule is Cc1cc(/C=C(\C#N)C(=O)N2CCN(Cc3ccc(C#N)cc3)CC2)c(C)n1C1CC1. The van der Waals surface area contributed by atoms with Gasteiger partial charge in [-0.3, -0.25) is 9.69 Å². The van der Waals surface area contributed by atoms with E-state index >= 15 is 0 Å². The maximum absolute atomic E-state index is 13.0. The van der Waals surface area contributed by atoms with Crippen molar-refractivity contribution in [3.63, 3.8) is 0 Å². The van der Waals surface area contributed by atoms with Crippen LogP contribution in [0.4, 0.5) is 0 Å². The van der Waals surface area contributed by atoms with Gasteiger partial charge in [0, 0.05) is 50.2 Å². The monoisotopic (exact) mass is 413 g/mol. The van der Waals surface area contributed by atoms with Crippen LogP contribution in [0.2, 0.25) is 0 Å². The van der Waals surface area contributed by atoms with Gasteiger partial charge in [0.25, 0.3) is 5.91 Å². The third kappa shape index (κ3) is 4.55. The highest BCUT2D eigenvalue weighted by Crippen LogP contribution is 2.38. The van der Waals surface area contributed by atoms with Crippen molar-refractivity contribution in [3.05, 3.63) is 64.0 Å². The highest BCUT2D eigenvalue weighted by Gasteiger charge is 2.28. The van der Waals surface area contributed by atoms with Crippen molar-refractivity contribution in [1.29, 1.82) is 10.5 Å². The predicted molar refractivity (Wildman–Crippen MR) is 119 cm³/mol. The molecule has 31 heavy (non-hydrogen) atoms. The molecule has 1 aliphatic heterocycles. The molecular weight excluding hydrogens is 386 g/mol. The van der Waals surface area contributed by atoms with E-state index in [2.05, 4.69) is 41.5 Å². The molecule has 1 aliphatic carbocycles. The molecule has 1 saturated carbocycles. The zero-order chi connectivity index (χ0) is 22.0. The molecule has 0 spiro atoms. The van der Waals surface area contributed by atoms with Gasteiger partial charge in [0.1, 0.15) is 11.6 Å². The van der Waals surface area contributed by atoms with Crippen LogP contribution in [0.15, 0.2) is 35.9 Å². The number of piperazine rings is 1. The number of hydrogen-bond acceptors (Lipinski definition) is 4. The Balaban J connectivity index is 1.39. The van der Waals surface area contributed by atoms with Crippen molar-refractivity contribution in [2.24, 2.45) is 0 Å². The first kappa shape index (κ1) is 20.9. The Hall–Kier alpha value is -3.35. The lowest BCUT2D eigenvalue weighted by Gasteiger charge is -2.34. The Morgan fingerprint density at radius 3 is 2.35 bits per heavy atom. The van der Waals surface area contributed by atoms with E-state index < -0.39 is 0 Å². The number of hydrogen-bond donors (Lipinski definition) is 0. The van der Waals surface area contributed by atoms with Crippen LogP contribution in [0, 0.1) is 36.5 Å². The van der Waals surface area contributed by atoms with E-state index in [0.717, 1.165) is 36.5 Å². The molecular formula is C25H27N5O. The second kappa shape index (κ2) is 8.79. The van der Waals surface area contributed by atoms with Crippen LogP contribution in [0.25, 0.3) is 6.08 Å². The molecule has 2 aromatic rings. The topological polar surface area (TPSA) is 76.1 Å². The van der Waals surface area contributed by atoms with Crippen molar-refractivity contribution in [1.82, 2.24) is 14.4 Å². The average Bonchev–Trinajstić information content (AvgIpc) is 3.58. The largest absolute Gasteiger partial charge is 0.346 e. The fourth-order valence-electron chi connectivity index (χ4n) is 4.36. The number of aryl methyl sites for hydroxylation is 1. The van der Waals surface area contributed by atoms with Crippen molar-refractivity contribution >= 4 is 12.0 Å². The maximum atomic E-state index is 13.0. The number of nitriles is 2. The van der Waals surface area contributed by atoms with Gasteiger partial charge in [-0.1, -0.05) is 12.1 Å². The van der Waals surface area contributed by atoms with Crippen LogP contribution in [-0.2, 0) is 11.3 Å². The number of amides is 1. The Kier molecular flexibility index (Phi) is 5.93. The highest BCUT2D eigenvalue weighted by atomic mass is 16.2. The van der Waals surface area contributed by atoms with E-state index in [-0.39, 0.29) is 11.5 Å². The molecule has 1 amide bonds. The first-order chi connectivity index (χ1) is 15.0. The Morgan fingerprint density at radius 1 is 1.10 bits per heavy atom. The summed E-state index contributed by atoms with van der Waals surface area (Å²) >= 11 is 0. The minimum Gasteiger partial charge on any atom is -0.346 e. The molecule has 0 unspecified atom stereocenters. The molecule has 0 atom stereocenters. The molecule has 1 aromatic carbocycles. The quantitative estimate of drug-likeness (QED) is 0.555. The van der Waals surface area contributed by atoms with E-state index in [4.69, 9.17) is 5.26 Å². The molecule has 1 saturated heterocycles. The predicted octanol–water partition coefficient (Wildman–Crippen LogP) is 3.56. The molecule has 158 valence electrons. The molecule has 0 bridgehead atoms. The first-order valence-corrected chi connectivity index (χ1v) is 10.8. The van der Waals surface area contributed by atoms with Crippen LogP contribution in [0.5, 0.6) is 0 Å². The molecule has 6 heteroatoms. The molecule has 0 N–H and O–H groups in total. The van der Waals surface area contributed by atoms with Crippen LogP contribution in [0.3, 0.4) is 0 Å². The van der Waals surface area contributed by atoms with E-state index in [1.807, 2.05) is 24.3 Å². The summed E-state index contributed by atoms with van der Waals surface area (Å²) < 4.78 is 2.33. The Morgan fingerprint density at radius 2 is 1.77 bits per heavy atom. The van der Waals surface area contributed by atoms with Gasteiger partial charge in [-0.2, -0.15) is 10.5 Å². The molecule has 4 rings (SSSR count). The number of benzene rings is 1. The van der Waals surface area contributed by atoms with E-state index in [0.29, 0.717) is 24.7 Å². The standard InChI is InChI=1S/C25H27N5O/c1-18-13-22(19(2)30(18)24-7-8-24)14-23(16-27)25(31)29-11-9-28(10-12-29)17-21-5-3-20(15-26)4-6-21/h3-6,13-14,24H,7-12,17H2,1-2H3/b23-14+.